The number of aryl methyl sites for hydroxylation is 1. The molecular formula is C19H19Cl2NO4S. The molecule has 8 heteroatoms. The Labute approximate surface area is 168 Å². The first-order chi connectivity index (χ1) is 12.8. The van der Waals surface area contributed by atoms with Gasteiger partial charge in [-0.3, -0.25) is 0 Å². The van der Waals surface area contributed by atoms with Crippen LogP contribution in [0.5, 0.6) is 0 Å². The predicted molar refractivity (Wildman–Crippen MR) is 105 cm³/mol. The Kier molecular flexibility index (Phi) is 6.11. The Morgan fingerprint density at radius 3 is 2.33 bits per heavy atom. The first-order valence-electron chi connectivity index (χ1n) is 8.51. The molecule has 3 rings (SSSR count). The van der Waals surface area contributed by atoms with E-state index in [-0.39, 0.29) is 39.7 Å². The van der Waals surface area contributed by atoms with E-state index >= 15 is 0 Å². The molecule has 1 heterocycles. The molecule has 2 aromatic rings. The number of carbonyl (C=O) groups is 1. The van der Waals surface area contributed by atoms with Crippen LogP contribution in [0.25, 0.3) is 0 Å². The number of piperidine rings is 1. The topological polar surface area (TPSA) is 63.7 Å². The van der Waals surface area contributed by atoms with Gasteiger partial charge in [0.2, 0.25) is 10.0 Å². The van der Waals surface area contributed by atoms with Crippen LogP contribution in [0.4, 0.5) is 0 Å². The van der Waals surface area contributed by atoms with E-state index < -0.39 is 16.0 Å². The molecule has 5 nitrogen and oxygen atoms in total. The molecule has 0 aliphatic carbocycles. The molecule has 0 radical (unpaired) electrons. The minimum Gasteiger partial charge on any atom is -0.459 e. The summed E-state index contributed by atoms with van der Waals surface area (Å²) in [6.45, 7) is 2.48. The minimum atomic E-state index is -3.54. The average Bonchev–Trinajstić information content (AvgIpc) is 2.64. The van der Waals surface area contributed by atoms with Gasteiger partial charge in [-0.2, -0.15) is 4.31 Å². The van der Waals surface area contributed by atoms with Crippen molar-refractivity contribution in [2.45, 2.75) is 30.8 Å². The van der Waals surface area contributed by atoms with E-state index in [1.807, 2.05) is 6.92 Å². The molecule has 0 spiro atoms. The maximum Gasteiger partial charge on any atom is 0.339 e. The van der Waals surface area contributed by atoms with Gasteiger partial charge in [0.1, 0.15) is 6.10 Å². The van der Waals surface area contributed by atoms with Gasteiger partial charge in [-0.1, -0.05) is 47.0 Å². The highest BCUT2D eigenvalue weighted by atomic mass is 35.5. The molecule has 0 saturated carbocycles. The smallest absolute Gasteiger partial charge is 0.339 e. The van der Waals surface area contributed by atoms with Gasteiger partial charge in [0, 0.05) is 13.1 Å². The Morgan fingerprint density at radius 2 is 1.70 bits per heavy atom. The summed E-state index contributed by atoms with van der Waals surface area (Å²) in [6.07, 6.45) is 0.487. The molecule has 2 aromatic carbocycles. The number of hydrogen-bond acceptors (Lipinski definition) is 4. The van der Waals surface area contributed by atoms with Crippen molar-refractivity contribution in [1.29, 1.82) is 0 Å². The molecule has 1 aliphatic heterocycles. The summed E-state index contributed by atoms with van der Waals surface area (Å²) in [5.41, 5.74) is 1.21. The monoisotopic (exact) mass is 427 g/mol. The number of halogens is 2. The number of ether oxygens (including phenoxy) is 1. The fraction of sp³-hybridized carbons (Fsp3) is 0.316. The van der Waals surface area contributed by atoms with Crippen LogP contribution in [0.3, 0.4) is 0 Å². The summed E-state index contributed by atoms with van der Waals surface area (Å²) in [4.78, 5) is 12.6. The second kappa shape index (κ2) is 8.19. The van der Waals surface area contributed by atoms with Crippen LogP contribution >= 0.6 is 23.2 Å². The Bertz CT molecular complexity index is 937. The van der Waals surface area contributed by atoms with Crippen molar-refractivity contribution in [2.75, 3.05) is 13.1 Å². The van der Waals surface area contributed by atoms with E-state index in [1.54, 1.807) is 42.5 Å². The number of rotatable bonds is 4. The van der Waals surface area contributed by atoms with Crippen molar-refractivity contribution in [1.82, 2.24) is 4.31 Å². The zero-order valence-electron chi connectivity index (χ0n) is 14.7. The third kappa shape index (κ3) is 4.46. The molecule has 27 heavy (non-hydrogen) atoms. The van der Waals surface area contributed by atoms with Gasteiger partial charge in [0.15, 0.2) is 0 Å². The summed E-state index contributed by atoms with van der Waals surface area (Å²) in [5.74, 6) is -0.553. The lowest BCUT2D eigenvalue weighted by atomic mass is 10.1. The summed E-state index contributed by atoms with van der Waals surface area (Å²) < 4.78 is 32.4. The van der Waals surface area contributed by atoms with Crippen LogP contribution in [0, 0.1) is 6.92 Å². The van der Waals surface area contributed by atoms with Crippen molar-refractivity contribution in [3.05, 3.63) is 63.6 Å². The SMILES string of the molecule is Cc1ccc(S(=O)(=O)N2CCC(OC(=O)c3cccc(Cl)c3Cl)CC2)cc1. The van der Waals surface area contributed by atoms with E-state index in [0.29, 0.717) is 12.8 Å². The van der Waals surface area contributed by atoms with Gasteiger partial charge in [-0.25, -0.2) is 13.2 Å². The van der Waals surface area contributed by atoms with Crippen molar-refractivity contribution in [2.24, 2.45) is 0 Å². The van der Waals surface area contributed by atoms with E-state index in [9.17, 15) is 13.2 Å². The number of hydrogen-bond donors (Lipinski definition) is 0. The van der Waals surface area contributed by atoms with Crippen molar-refractivity contribution in [3.63, 3.8) is 0 Å². The highest BCUT2D eigenvalue weighted by molar-refractivity contribution is 7.89. The van der Waals surface area contributed by atoms with Gasteiger partial charge in [-0.15, -0.1) is 0 Å². The molecule has 0 bridgehead atoms. The first-order valence-corrected chi connectivity index (χ1v) is 10.7. The van der Waals surface area contributed by atoms with E-state index in [2.05, 4.69) is 0 Å². The van der Waals surface area contributed by atoms with E-state index in [1.165, 1.54) is 4.31 Å². The maximum absolute atomic E-state index is 12.7. The lowest BCUT2D eigenvalue weighted by Crippen LogP contribution is -2.41. The second-order valence-corrected chi connectivity index (χ2v) is 9.15. The number of esters is 1. The molecule has 1 fully saturated rings. The molecule has 0 aromatic heterocycles. The lowest BCUT2D eigenvalue weighted by molar-refractivity contribution is 0.0181. The normalized spacial score (nSPS) is 16.3. The quantitative estimate of drug-likeness (QED) is 0.681. The molecule has 0 amide bonds. The molecule has 0 N–H and O–H groups in total. The van der Waals surface area contributed by atoms with Crippen molar-refractivity contribution < 1.29 is 17.9 Å². The molecule has 1 saturated heterocycles. The summed E-state index contributed by atoms with van der Waals surface area (Å²) in [5, 5.41) is 0.439. The largest absolute Gasteiger partial charge is 0.459 e. The first kappa shape index (κ1) is 20.1. The number of carbonyl (C=O) groups excluding carboxylic acids is 1. The van der Waals surface area contributed by atoms with Crippen LogP contribution in [0.1, 0.15) is 28.8 Å². The summed E-state index contributed by atoms with van der Waals surface area (Å²) in [6, 6.07) is 11.5. The minimum absolute atomic E-state index is 0.156. The van der Waals surface area contributed by atoms with Crippen molar-refractivity contribution in [3.8, 4) is 0 Å². The Balaban J connectivity index is 1.62. The van der Waals surface area contributed by atoms with Crippen LogP contribution < -0.4 is 0 Å². The van der Waals surface area contributed by atoms with E-state index in [4.69, 9.17) is 27.9 Å². The van der Waals surface area contributed by atoms with Crippen LogP contribution in [-0.2, 0) is 14.8 Å². The zero-order chi connectivity index (χ0) is 19.6. The average molecular weight is 428 g/mol. The van der Waals surface area contributed by atoms with Gasteiger partial charge in [0.25, 0.3) is 0 Å². The Hall–Kier alpha value is -1.60. The molecule has 0 atom stereocenters. The van der Waals surface area contributed by atoms with Crippen molar-refractivity contribution >= 4 is 39.2 Å². The number of sulfonamides is 1. The fourth-order valence-corrected chi connectivity index (χ4v) is 4.77. The second-order valence-electron chi connectivity index (χ2n) is 6.42. The standard InChI is InChI=1S/C19H19Cl2NO4S/c1-13-5-7-15(8-6-13)27(24,25)22-11-9-14(10-12-22)26-19(23)16-3-2-4-17(20)18(16)21/h2-8,14H,9-12H2,1H3. The van der Waals surface area contributed by atoms with E-state index in [0.717, 1.165) is 5.56 Å². The van der Waals surface area contributed by atoms with Gasteiger partial charge in [-0.05, 0) is 44.0 Å². The molecule has 1 aliphatic rings. The Morgan fingerprint density at radius 1 is 1.07 bits per heavy atom. The highest BCUT2D eigenvalue weighted by Gasteiger charge is 2.31. The highest BCUT2D eigenvalue weighted by Crippen LogP contribution is 2.28. The predicted octanol–water partition coefficient (Wildman–Crippen LogP) is 4.31. The van der Waals surface area contributed by atoms with Crippen LogP contribution in [0.2, 0.25) is 10.0 Å². The summed E-state index contributed by atoms with van der Waals surface area (Å²) >= 11 is 12.0. The van der Waals surface area contributed by atoms with Crippen LogP contribution in [-0.4, -0.2) is 37.9 Å². The third-order valence-electron chi connectivity index (χ3n) is 4.50. The lowest BCUT2D eigenvalue weighted by Gasteiger charge is -2.31. The maximum atomic E-state index is 12.7. The number of benzene rings is 2. The van der Waals surface area contributed by atoms with Gasteiger partial charge >= 0.3 is 5.97 Å². The number of nitrogens with zero attached hydrogens (tertiary/aromatic N) is 1. The fourth-order valence-electron chi connectivity index (χ4n) is 2.93. The van der Waals surface area contributed by atoms with Gasteiger partial charge in [0.05, 0.1) is 20.5 Å². The van der Waals surface area contributed by atoms with Gasteiger partial charge < -0.3 is 4.74 Å². The zero-order valence-corrected chi connectivity index (χ0v) is 17.0. The molecular weight excluding hydrogens is 409 g/mol. The van der Waals surface area contributed by atoms with Crippen LogP contribution in [0.15, 0.2) is 47.4 Å². The summed E-state index contributed by atoms with van der Waals surface area (Å²) in [7, 11) is -3.54. The molecule has 0 unspecified atom stereocenters. The molecule has 144 valence electrons. The third-order valence-corrected chi connectivity index (χ3v) is 7.24.